The molecule has 6 heteroatoms. The summed E-state index contributed by atoms with van der Waals surface area (Å²) >= 11 is 0. The molecule has 0 atom stereocenters. The third kappa shape index (κ3) is 2.64. The molecule has 1 aliphatic rings. The molecule has 0 saturated carbocycles. The molecule has 0 unspecified atom stereocenters. The molecule has 2 aromatic carbocycles. The second-order valence-electron chi connectivity index (χ2n) is 8.22. The van der Waals surface area contributed by atoms with Gasteiger partial charge in [0.15, 0.2) is 5.58 Å². The number of rotatable bonds is 2. The number of aromatic nitrogens is 2. The van der Waals surface area contributed by atoms with E-state index in [1.807, 2.05) is 70.2 Å². The number of pyridine rings is 1. The van der Waals surface area contributed by atoms with Gasteiger partial charge in [0.05, 0.1) is 11.2 Å². The highest BCUT2D eigenvalue weighted by atomic mass is 16.7. The maximum Gasteiger partial charge on any atom is 0.494 e. The van der Waals surface area contributed by atoms with Crippen molar-refractivity contribution < 1.29 is 13.7 Å². The van der Waals surface area contributed by atoms with E-state index in [4.69, 9.17) is 18.7 Å². The van der Waals surface area contributed by atoms with E-state index in [9.17, 15) is 0 Å². The first-order valence-electron chi connectivity index (χ1n) is 9.44. The lowest BCUT2D eigenvalue weighted by atomic mass is 9.79. The molecule has 4 aromatic rings. The fraction of sp³-hybridized carbons (Fsp3) is 0.273. The molecule has 3 heterocycles. The summed E-state index contributed by atoms with van der Waals surface area (Å²) in [6.45, 7) is 8.19. The molecule has 1 fully saturated rings. The van der Waals surface area contributed by atoms with Crippen LogP contribution in [-0.2, 0) is 9.31 Å². The third-order valence-electron chi connectivity index (χ3n) is 5.81. The lowest BCUT2D eigenvalue weighted by molar-refractivity contribution is 0.00578. The number of hydrogen-bond donors (Lipinski definition) is 0. The van der Waals surface area contributed by atoms with Crippen LogP contribution in [0.2, 0.25) is 0 Å². The summed E-state index contributed by atoms with van der Waals surface area (Å²) in [6.07, 6.45) is 1.78. The topological polar surface area (TPSA) is 57.4 Å². The largest absolute Gasteiger partial charge is 0.494 e. The van der Waals surface area contributed by atoms with Crippen LogP contribution >= 0.6 is 0 Å². The van der Waals surface area contributed by atoms with Crippen molar-refractivity contribution >= 4 is 34.5 Å². The maximum atomic E-state index is 6.16. The van der Waals surface area contributed by atoms with Crippen molar-refractivity contribution in [3.63, 3.8) is 0 Å². The van der Waals surface area contributed by atoms with Gasteiger partial charge in [-0.3, -0.25) is 4.98 Å². The van der Waals surface area contributed by atoms with Crippen LogP contribution < -0.4 is 5.46 Å². The first-order chi connectivity index (χ1) is 13.3. The van der Waals surface area contributed by atoms with Crippen LogP contribution in [0.15, 0.2) is 59.1 Å². The van der Waals surface area contributed by atoms with Crippen LogP contribution in [0.3, 0.4) is 0 Å². The highest BCUT2D eigenvalue weighted by molar-refractivity contribution is 6.62. The second-order valence-corrected chi connectivity index (χ2v) is 8.22. The number of oxazole rings is 1. The van der Waals surface area contributed by atoms with E-state index in [0.717, 1.165) is 27.4 Å². The zero-order valence-electron chi connectivity index (χ0n) is 16.4. The average Bonchev–Trinajstić information content (AvgIpc) is 3.18. The minimum atomic E-state index is -0.426. The Kier molecular flexibility index (Phi) is 3.67. The molecule has 0 spiro atoms. The number of fused-ring (bicyclic) bond motifs is 2. The van der Waals surface area contributed by atoms with Crippen LogP contribution in [-0.4, -0.2) is 28.3 Å². The van der Waals surface area contributed by atoms with E-state index in [2.05, 4.69) is 11.1 Å². The van der Waals surface area contributed by atoms with E-state index in [1.165, 1.54) is 0 Å². The maximum absolute atomic E-state index is 6.16. The Labute approximate surface area is 163 Å². The van der Waals surface area contributed by atoms with Crippen LogP contribution in [0.25, 0.3) is 33.5 Å². The Balaban J connectivity index is 1.56. The van der Waals surface area contributed by atoms with Gasteiger partial charge in [-0.15, -0.1) is 0 Å². The molecule has 0 amide bonds. The molecule has 28 heavy (non-hydrogen) atoms. The molecule has 0 aliphatic carbocycles. The predicted molar refractivity (Wildman–Crippen MR) is 110 cm³/mol. The van der Waals surface area contributed by atoms with Crippen molar-refractivity contribution in [1.29, 1.82) is 0 Å². The van der Waals surface area contributed by atoms with Crippen molar-refractivity contribution in [3.8, 4) is 11.6 Å². The fourth-order valence-corrected chi connectivity index (χ4v) is 3.46. The summed E-state index contributed by atoms with van der Waals surface area (Å²) in [6, 6.07) is 15.9. The minimum Gasteiger partial charge on any atom is -0.435 e. The van der Waals surface area contributed by atoms with Gasteiger partial charge in [0.2, 0.25) is 5.89 Å². The molecule has 0 N–H and O–H groups in total. The molecule has 5 rings (SSSR count). The average molecular weight is 372 g/mol. The summed E-state index contributed by atoms with van der Waals surface area (Å²) in [5.41, 5.74) is 2.38. The van der Waals surface area contributed by atoms with Gasteiger partial charge < -0.3 is 13.7 Å². The van der Waals surface area contributed by atoms with Crippen LogP contribution in [0.1, 0.15) is 27.7 Å². The van der Waals surface area contributed by atoms with E-state index in [1.54, 1.807) is 6.20 Å². The summed E-state index contributed by atoms with van der Waals surface area (Å²) in [4.78, 5) is 9.20. The van der Waals surface area contributed by atoms with Gasteiger partial charge in [-0.05, 0) is 56.7 Å². The Bertz CT molecular complexity index is 1180. The Hall–Kier alpha value is -2.70. The monoisotopic (exact) mass is 372 g/mol. The molecule has 140 valence electrons. The quantitative estimate of drug-likeness (QED) is 0.490. The van der Waals surface area contributed by atoms with Crippen LogP contribution in [0.5, 0.6) is 0 Å². The van der Waals surface area contributed by atoms with Crippen molar-refractivity contribution in [2.75, 3.05) is 0 Å². The SMILES string of the molecule is CC1(C)OB(c2ccc3oc(-c4nccc5ccccc45)nc3c2)OC1(C)C. The lowest BCUT2D eigenvalue weighted by Gasteiger charge is -2.32. The molecular weight excluding hydrogens is 351 g/mol. The molecule has 5 nitrogen and oxygen atoms in total. The zero-order valence-corrected chi connectivity index (χ0v) is 16.4. The van der Waals surface area contributed by atoms with Gasteiger partial charge in [-0.2, -0.15) is 0 Å². The van der Waals surface area contributed by atoms with E-state index in [0.29, 0.717) is 11.5 Å². The molecule has 2 aromatic heterocycles. The van der Waals surface area contributed by atoms with Gasteiger partial charge in [0, 0.05) is 11.6 Å². The molecule has 0 radical (unpaired) electrons. The minimum absolute atomic E-state index is 0.380. The van der Waals surface area contributed by atoms with Crippen molar-refractivity contribution in [3.05, 3.63) is 54.7 Å². The van der Waals surface area contributed by atoms with E-state index in [-0.39, 0.29) is 11.2 Å². The lowest BCUT2D eigenvalue weighted by Crippen LogP contribution is -2.41. The van der Waals surface area contributed by atoms with Gasteiger partial charge in [-0.25, -0.2) is 4.98 Å². The van der Waals surface area contributed by atoms with Crippen LogP contribution in [0, 0.1) is 0 Å². The highest BCUT2D eigenvalue weighted by Gasteiger charge is 2.51. The molecule has 0 bridgehead atoms. The molecule has 1 saturated heterocycles. The Morgan fingerprint density at radius 1 is 0.893 bits per heavy atom. The van der Waals surface area contributed by atoms with Gasteiger partial charge in [0.1, 0.15) is 11.2 Å². The van der Waals surface area contributed by atoms with E-state index < -0.39 is 7.12 Å². The summed E-state index contributed by atoms with van der Waals surface area (Å²) < 4.78 is 18.3. The van der Waals surface area contributed by atoms with Gasteiger partial charge >= 0.3 is 7.12 Å². The summed E-state index contributed by atoms with van der Waals surface area (Å²) in [7, 11) is -0.426. The molecule has 1 aliphatic heterocycles. The van der Waals surface area contributed by atoms with Gasteiger partial charge in [-0.1, -0.05) is 30.3 Å². The first-order valence-corrected chi connectivity index (χ1v) is 9.44. The molecular formula is C22H21BN2O3. The van der Waals surface area contributed by atoms with Gasteiger partial charge in [0.25, 0.3) is 0 Å². The first kappa shape index (κ1) is 17.4. The highest BCUT2D eigenvalue weighted by Crippen LogP contribution is 2.37. The van der Waals surface area contributed by atoms with Crippen molar-refractivity contribution in [2.24, 2.45) is 0 Å². The number of benzene rings is 2. The summed E-state index contributed by atoms with van der Waals surface area (Å²) in [5, 5.41) is 2.12. The third-order valence-corrected chi connectivity index (χ3v) is 5.81. The number of nitrogens with zero attached hydrogens (tertiary/aromatic N) is 2. The zero-order chi connectivity index (χ0) is 19.5. The van der Waals surface area contributed by atoms with Crippen molar-refractivity contribution in [1.82, 2.24) is 9.97 Å². The van der Waals surface area contributed by atoms with Crippen molar-refractivity contribution in [2.45, 2.75) is 38.9 Å². The Morgan fingerprint density at radius 3 is 2.43 bits per heavy atom. The Morgan fingerprint density at radius 2 is 1.64 bits per heavy atom. The smallest absolute Gasteiger partial charge is 0.435 e. The predicted octanol–water partition coefficient (Wildman–Crippen LogP) is 4.34. The fourth-order valence-electron chi connectivity index (χ4n) is 3.46. The second kappa shape index (κ2) is 5.90. The van der Waals surface area contributed by atoms with Crippen LogP contribution in [0.4, 0.5) is 0 Å². The normalized spacial score (nSPS) is 18.2. The standard InChI is InChI=1S/C22H21BN2O3/c1-21(2)22(3,4)28-23(27-21)15-9-10-18-17(13-15)25-20(26-18)19-16-8-6-5-7-14(16)11-12-24-19/h5-13H,1-4H3. The van der Waals surface area contributed by atoms with E-state index >= 15 is 0 Å². The summed E-state index contributed by atoms with van der Waals surface area (Å²) in [5.74, 6) is 0.512. The number of hydrogen-bond acceptors (Lipinski definition) is 5.